The minimum Gasteiger partial charge on any atom is -0.358 e. The van der Waals surface area contributed by atoms with Crippen molar-refractivity contribution in [3.8, 4) is 0 Å². The molecule has 0 atom stereocenters. The molecule has 0 spiro atoms. The predicted molar refractivity (Wildman–Crippen MR) is 157 cm³/mol. The summed E-state index contributed by atoms with van der Waals surface area (Å²) in [5, 5.41) is 0. The van der Waals surface area contributed by atoms with Crippen molar-refractivity contribution in [1.29, 1.82) is 0 Å². The van der Waals surface area contributed by atoms with Gasteiger partial charge in [0.05, 0.1) is 0 Å². The molecule has 2 aliphatic carbocycles. The van der Waals surface area contributed by atoms with Crippen molar-refractivity contribution in [2.24, 2.45) is 0 Å². The Bertz CT molecular complexity index is 1440. The number of rotatable bonds is 3. The first-order valence-corrected chi connectivity index (χ1v) is 13.8. The van der Waals surface area contributed by atoms with Crippen molar-refractivity contribution in [3.63, 3.8) is 0 Å². The summed E-state index contributed by atoms with van der Waals surface area (Å²) in [4.78, 5) is 0. The number of halogens is 15. The van der Waals surface area contributed by atoms with Gasteiger partial charge in [-0.15, -0.1) is 16.4 Å². The van der Waals surface area contributed by atoms with E-state index in [1.54, 1.807) is 0 Å². The molecule has 10 radical (unpaired) electrons. The van der Waals surface area contributed by atoms with Crippen LogP contribution >= 0.6 is 0 Å². The molecule has 0 N–H and O–H groups in total. The summed E-state index contributed by atoms with van der Waals surface area (Å²) >= 11 is 0. The Morgan fingerprint density at radius 3 is 0.569 bits per heavy atom. The number of benzene rings is 3. The Balaban J connectivity index is 0.000000671. The van der Waals surface area contributed by atoms with Gasteiger partial charge in [-0.3, -0.25) is 0 Å². The van der Waals surface area contributed by atoms with E-state index < -0.39 is 110 Å². The molecule has 0 aliphatic heterocycles. The molecule has 0 nitrogen and oxygen atoms in total. The van der Waals surface area contributed by atoms with Crippen molar-refractivity contribution < 1.29 is 92.1 Å². The smallest absolute Gasteiger partial charge is 0.358 e. The van der Waals surface area contributed by atoms with Crippen LogP contribution in [0.15, 0.2) is 0 Å². The third-order valence-corrected chi connectivity index (χ3v) is 8.09. The van der Waals surface area contributed by atoms with Crippen LogP contribution in [0.4, 0.5) is 65.9 Å². The minimum absolute atomic E-state index is 0. The van der Waals surface area contributed by atoms with Crippen LogP contribution in [0.3, 0.4) is 0 Å². The molecule has 2 fully saturated rings. The summed E-state index contributed by atoms with van der Waals surface area (Å²) in [7, 11) is 0. The van der Waals surface area contributed by atoms with Gasteiger partial charge in [-0.05, 0) is 62.2 Å². The van der Waals surface area contributed by atoms with E-state index in [4.69, 9.17) is 0 Å². The molecule has 0 aromatic heterocycles. The standard InChI is InChI=1S/C19H3BF15.2C7H9.CH3.Zr/c1-20(2-5(21)11(27)17(33)12(28)6(2)22,3-7(23)13(29)18(34)14(30)8(3)24)4-9(25)15(31)19(35)16(32)10(4)26;2*1-6-4-3-5-7(6)2;;/h1H3;2*3-5H,1-2H3;1H3;/q-1;;;-1;+4. The van der Waals surface area contributed by atoms with E-state index in [-0.39, 0.29) is 40.5 Å². The minimum atomic E-state index is -5.41. The van der Waals surface area contributed by atoms with Gasteiger partial charge < -0.3 is 7.43 Å². The Labute approximate surface area is 305 Å². The van der Waals surface area contributed by atoms with Crippen LogP contribution in [0.2, 0.25) is 6.82 Å². The van der Waals surface area contributed by atoms with Gasteiger partial charge in [0.15, 0.2) is 52.4 Å². The normalized spacial score (nSPS) is 15.5. The van der Waals surface area contributed by atoms with Gasteiger partial charge in [0, 0.05) is 0 Å². The SMILES string of the molecule is C[B-](c1c(F)c(F)c(F)c(F)c1F)(c1c(F)c(F)c(F)c(F)c1F)c1c(F)c(F)c(F)c(F)c1F.C[C]1[CH][CH][CH][C]1C.C[C]1[CH][CH][CH][C]1C.[CH3-].[Zr+4]. The van der Waals surface area contributed by atoms with E-state index in [1.807, 2.05) is 0 Å². The molecule has 0 saturated heterocycles. The summed E-state index contributed by atoms with van der Waals surface area (Å²) in [5.74, 6) is -39.5. The van der Waals surface area contributed by atoms with Crippen LogP contribution in [0.1, 0.15) is 27.7 Å². The molecule has 3 aromatic rings. The van der Waals surface area contributed by atoms with Crippen molar-refractivity contribution in [1.82, 2.24) is 0 Å². The maximum absolute atomic E-state index is 14.6. The first-order chi connectivity index (χ1) is 22.6. The fraction of sp³-hybridized carbons (Fsp3) is 0.147. The summed E-state index contributed by atoms with van der Waals surface area (Å²) < 4.78 is 212. The maximum atomic E-state index is 14.6. The summed E-state index contributed by atoms with van der Waals surface area (Å²) in [6.45, 7) is 8.27. The summed E-state index contributed by atoms with van der Waals surface area (Å²) in [6, 6.07) is 0. The average Bonchev–Trinajstić information content (AvgIpc) is 3.63. The Morgan fingerprint density at radius 2 is 0.451 bits per heavy atom. The third kappa shape index (κ3) is 8.53. The molecule has 0 heterocycles. The first kappa shape index (κ1) is 46.6. The van der Waals surface area contributed by atoms with Gasteiger partial charge in [0.2, 0.25) is 0 Å². The Morgan fingerprint density at radius 1 is 0.314 bits per heavy atom. The maximum Gasteiger partial charge on any atom is 4.00 e. The second kappa shape index (κ2) is 18.1. The fourth-order valence-corrected chi connectivity index (χ4v) is 5.02. The number of hydrogen-bond acceptors (Lipinski definition) is 0. The molecule has 2 aliphatic rings. The van der Waals surface area contributed by atoms with Crippen LogP contribution in [0.25, 0.3) is 0 Å². The van der Waals surface area contributed by atoms with Crippen molar-refractivity contribution >= 4 is 22.5 Å². The van der Waals surface area contributed by atoms with E-state index >= 15 is 0 Å². The molecule has 0 bridgehead atoms. The van der Waals surface area contributed by atoms with Crippen LogP contribution < -0.4 is 16.4 Å². The molecule has 2 saturated carbocycles. The number of hydrogen-bond donors (Lipinski definition) is 0. The summed E-state index contributed by atoms with van der Waals surface area (Å²) in [5.41, 5.74) is -7.89. The average molecular weight is 820 g/mol. The molecule has 51 heavy (non-hydrogen) atoms. The molecule has 0 unspecified atom stereocenters. The Kier molecular flexibility index (Phi) is 16.5. The topological polar surface area (TPSA) is 0 Å². The van der Waals surface area contributed by atoms with Gasteiger partial charge in [-0.1, -0.05) is 27.7 Å². The van der Waals surface area contributed by atoms with Gasteiger partial charge in [0.1, 0.15) is 41.0 Å². The molecule has 270 valence electrons. The molecular weight excluding hydrogens is 795 g/mol. The van der Waals surface area contributed by atoms with E-state index in [1.165, 1.54) is 23.7 Å². The predicted octanol–water partition coefficient (Wildman–Crippen LogP) is 8.92. The van der Waals surface area contributed by atoms with Crippen molar-refractivity contribution in [2.75, 3.05) is 0 Å². The molecule has 17 heteroatoms. The van der Waals surface area contributed by atoms with Gasteiger partial charge in [-0.2, -0.15) is 6.82 Å². The van der Waals surface area contributed by atoms with E-state index in [2.05, 4.69) is 66.2 Å². The molecular formula is C34H24BF15Zr+2. The van der Waals surface area contributed by atoms with Gasteiger partial charge >= 0.3 is 26.2 Å². The van der Waals surface area contributed by atoms with Crippen molar-refractivity contribution in [3.05, 3.63) is 157 Å². The quantitative estimate of drug-likeness (QED) is 0.0815. The van der Waals surface area contributed by atoms with Gasteiger partial charge in [-0.25, -0.2) is 65.9 Å². The van der Waals surface area contributed by atoms with Crippen LogP contribution in [-0.4, -0.2) is 6.15 Å². The zero-order valence-electron chi connectivity index (χ0n) is 27.2. The second-order valence-corrected chi connectivity index (χ2v) is 11.0. The first-order valence-electron chi connectivity index (χ1n) is 13.8. The zero-order chi connectivity index (χ0) is 37.4. The fourth-order valence-electron chi connectivity index (χ4n) is 5.02. The van der Waals surface area contributed by atoms with E-state index in [0.29, 0.717) is 0 Å². The summed E-state index contributed by atoms with van der Waals surface area (Å²) in [6.07, 6.45) is 7.22. The largest absolute Gasteiger partial charge is 4.00 e. The van der Waals surface area contributed by atoms with E-state index in [0.717, 1.165) is 0 Å². The van der Waals surface area contributed by atoms with Crippen molar-refractivity contribution in [2.45, 2.75) is 34.5 Å². The zero-order valence-corrected chi connectivity index (χ0v) is 29.7. The third-order valence-electron chi connectivity index (χ3n) is 8.09. The Hall–Kier alpha value is -2.44. The monoisotopic (exact) mass is 818 g/mol. The van der Waals surface area contributed by atoms with Gasteiger partial charge in [0.25, 0.3) is 0 Å². The van der Waals surface area contributed by atoms with E-state index in [9.17, 15) is 65.9 Å². The second-order valence-electron chi connectivity index (χ2n) is 11.0. The van der Waals surface area contributed by atoms with Crippen LogP contribution in [-0.2, 0) is 26.2 Å². The molecule has 0 amide bonds. The molecule has 3 aromatic carbocycles. The van der Waals surface area contributed by atoms with Crippen LogP contribution in [0.5, 0.6) is 0 Å². The molecule has 5 rings (SSSR count). The van der Waals surface area contributed by atoms with Crippen LogP contribution in [0, 0.1) is 157 Å².